The second-order valence-electron chi connectivity index (χ2n) is 4.23. The molecule has 0 aliphatic heterocycles. The predicted octanol–water partition coefficient (Wildman–Crippen LogP) is 3.10. The zero-order chi connectivity index (χ0) is 15.2. The lowest BCUT2D eigenvalue weighted by atomic mass is 10.2. The van der Waals surface area contributed by atoms with Crippen molar-refractivity contribution in [2.45, 2.75) is 13.8 Å². The largest absolute Gasteiger partial charge is 0.384 e. The quantitative estimate of drug-likeness (QED) is 0.646. The molecule has 0 atom stereocenters. The smallest absolute Gasteiger partial charge is 0.186 e. The van der Waals surface area contributed by atoms with Crippen molar-refractivity contribution in [3.63, 3.8) is 0 Å². The average Bonchev–Trinajstić information content (AvgIpc) is 2.60. The minimum atomic E-state index is -1.57. The molecule has 2 N–H and O–H groups in total. The number of anilines is 1. The molecular weight excluding hydrogens is 274 g/mol. The number of halogens is 4. The molecule has 20 heavy (non-hydrogen) atoms. The van der Waals surface area contributed by atoms with E-state index in [1.807, 2.05) is 0 Å². The van der Waals surface area contributed by atoms with Crippen LogP contribution in [-0.4, -0.2) is 4.57 Å². The maximum absolute atomic E-state index is 13.8. The summed E-state index contributed by atoms with van der Waals surface area (Å²) in [6, 6.07) is 1.90. The Labute approximate surface area is 111 Å². The fourth-order valence-corrected chi connectivity index (χ4v) is 2.02. The van der Waals surface area contributed by atoms with Gasteiger partial charge in [-0.3, -0.25) is 4.57 Å². The lowest BCUT2D eigenvalue weighted by Gasteiger charge is -2.12. The van der Waals surface area contributed by atoms with Crippen molar-refractivity contribution in [1.29, 1.82) is 5.26 Å². The van der Waals surface area contributed by atoms with Crippen molar-refractivity contribution >= 4 is 5.82 Å². The molecule has 3 nitrogen and oxygen atoms in total. The Bertz CT molecular complexity index is 730. The highest BCUT2D eigenvalue weighted by Gasteiger charge is 2.25. The van der Waals surface area contributed by atoms with Crippen molar-refractivity contribution in [1.82, 2.24) is 4.57 Å². The van der Waals surface area contributed by atoms with E-state index in [4.69, 9.17) is 11.0 Å². The van der Waals surface area contributed by atoms with E-state index in [0.717, 1.165) is 4.57 Å². The molecule has 0 amide bonds. The van der Waals surface area contributed by atoms with Gasteiger partial charge in [0, 0.05) is 11.8 Å². The molecule has 104 valence electrons. The van der Waals surface area contributed by atoms with E-state index in [1.165, 1.54) is 13.8 Å². The number of nitriles is 1. The normalized spacial score (nSPS) is 10.7. The standard InChI is InChI=1S/C13H9F4N3/c1-5-6(2)20(13(19)7(5)4-18)12-10(16)8(14)3-9(15)11(12)17/h3H,19H2,1-2H3. The summed E-state index contributed by atoms with van der Waals surface area (Å²) in [5.41, 5.74) is 5.29. The Balaban J connectivity index is 2.94. The molecule has 0 spiro atoms. The number of aromatic nitrogens is 1. The highest BCUT2D eigenvalue weighted by Crippen LogP contribution is 2.31. The molecule has 0 saturated carbocycles. The van der Waals surface area contributed by atoms with Gasteiger partial charge in [0.05, 0.1) is 5.56 Å². The van der Waals surface area contributed by atoms with Gasteiger partial charge in [0.25, 0.3) is 0 Å². The third-order valence-electron chi connectivity index (χ3n) is 3.17. The van der Waals surface area contributed by atoms with Crippen LogP contribution in [0, 0.1) is 48.4 Å². The molecule has 0 fully saturated rings. The van der Waals surface area contributed by atoms with Gasteiger partial charge in [-0.1, -0.05) is 0 Å². The Kier molecular flexibility index (Phi) is 3.18. The molecule has 0 aliphatic rings. The first-order valence-electron chi connectivity index (χ1n) is 5.52. The summed E-state index contributed by atoms with van der Waals surface area (Å²) in [6.07, 6.45) is 0. The fraction of sp³-hybridized carbons (Fsp3) is 0.154. The van der Waals surface area contributed by atoms with Gasteiger partial charge in [-0.2, -0.15) is 5.26 Å². The van der Waals surface area contributed by atoms with Crippen molar-refractivity contribution in [2.24, 2.45) is 0 Å². The molecule has 1 aromatic heterocycles. The molecule has 0 radical (unpaired) electrons. The highest BCUT2D eigenvalue weighted by molar-refractivity contribution is 5.62. The van der Waals surface area contributed by atoms with E-state index < -0.39 is 29.0 Å². The van der Waals surface area contributed by atoms with Crippen LogP contribution in [0.4, 0.5) is 23.4 Å². The molecule has 0 saturated heterocycles. The van der Waals surface area contributed by atoms with Gasteiger partial charge in [-0.05, 0) is 19.4 Å². The molecular formula is C13H9F4N3. The summed E-state index contributed by atoms with van der Waals surface area (Å²) in [4.78, 5) is 0. The second-order valence-corrected chi connectivity index (χ2v) is 4.23. The van der Waals surface area contributed by atoms with Crippen LogP contribution in [-0.2, 0) is 0 Å². The molecule has 2 aromatic rings. The zero-order valence-corrected chi connectivity index (χ0v) is 10.6. The van der Waals surface area contributed by atoms with E-state index in [0.29, 0.717) is 5.56 Å². The van der Waals surface area contributed by atoms with Crippen LogP contribution in [0.3, 0.4) is 0 Å². The first-order chi connectivity index (χ1) is 9.31. The van der Waals surface area contributed by atoms with Gasteiger partial charge in [0.1, 0.15) is 17.6 Å². The number of hydrogen-bond acceptors (Lipinski definition) is 2. The Hall–Kier alpha value is -2.49. The lowest BCUT2D eigenvalue weighted by Crippen LogP contribution is -2.10. The van der Waals surface area contributed by atoms with Gasteiger partial charge in [0.15, 0.2) is 23.3 Å². The topological polar surface area (TPSA) is 54.7 Å². The average molecular weight is 283 g/mol. The van der Waals surface area contributed by atoms with E-state index in [1.54, 1.807) is 6.07 Å². The monoisotopic (exact) mass is 283 g/mol. The Morgan fingerprint density at radius 2 is 1.60 bits per heavy atom. The minimum Gasteiger partial charge on any atom is -0.384 e. The summed E-state index contributed by atoms with van der Waals surface area (Å²) in [5.74, 6) is -6.49. The second kappa shape index (κ2) is 4.56. The summed E-state index contributed by atoms with van der Waals surface area (Å²) < 4.78 is 54.9. The molecule has 1 heterocycles. The Morgan fingerprint density at radius 1 is 1.10 bits per heavy atom. The lowest BCUT2D eigenvalue weighted by molar-refractivity contribution is 0.448. The van der Waals surface area contributed by atoms with Crippen LogP contribution in [0.5, 0.6) is 0 Å². The van der Waals surface area contributed by atoms with Crippen molar-refractivity contribution in [3.8, 4) is 11.8 Å². The van der Waals surface area contributed by atoms with Gasteiger partial charge < -0.3 is 5.73 Å². The third kappa shape index (κ3) is 1.72. The van der Waals surface area contributed by atoms with Crippen molar-refractivity contribution in [2.75, 3.05) is 5.73 Å². The molecule has 7 heteroatoms. The van der Waals surface area contributed by atoms with Crippen molar-refractivity contribution < 1.29 is 17.6 Å². The predicted molar refractivity (Wildman–Crippen MR) is 64.2 cm³/mol. The van der Waals surface area contributed by atoms with Crippen LogP contribution in [0.25, 0.3) is 5.69 Å². The van der Waals surface area contributed by atoms with Gasteiger partial charge in [-0.15, -0.1) is 0 Å². The molecule has 0 unspecified atom stereocenters. The zero-order valence-electron chi connectivity index (χ0n) is 10.6. The van der Waals surface area contributed by atoms with Crippen molar-refractivity contribution in [3.05, 3.63) is 46.2 Å². The third-order valence-corrected chi connectivity index (χ3v) is 3.17. The number of nitrogens with zero attached hydrogens (tertiary/aromatic N) is 2. The first-order valence-corrected chi connectivity index (χ1v) is 5.52. The number of benzene rings is 1. The molecule has 0 bridgehead atoms. The molecule has 0 aliphatic carbocycles. The van der Waals surface area contributed by atoms with Crippen LogP contribution in [0.2, 0.25) is 0 Å². The Morgan fingerprint density at radius 3 is 2.00 bits per heavy atom. The van der Waals surface area contributed by atoms with E-state index in [-0.39, 0.29) is 23.1 Å². The van der Waals surface area contributed by atoms with Crippen LogP contribution < -0.4 is 5.73 Å². The van der Waals surface area contributed by atoms with Crippen LogP contribution in [0.15, 0.2) is 6.07 Å². The SMILES string of the molecule is Cc1c(C#N)c(N)n(-c2c(F)c(F)cc(F)c2F)c1C. The van der Waals surface area contributed by atoms with Gasteiger partial charge in [0.2, 0.25) is 0 Å². The summed E-state index contributed by atoms with van der Waals surface area (Å²) >= 11 is 0. The first kappa shape index (κ1) is 13.9. The summed E-state index contributed by atoms with van der Waals surface area (Å²) in [7, 11) is 0. The highest BCUT2D eigenvalue weighted by atomic mass is 19.2. The van der Waals surface area contributed by atoms with E-state index in [9.17, 15) is 17.6 Å². The van der Waals surface area contributed by atoms with Crippen LogP contribution >= 0.6 is 0 Å². The number of nitrogens with two attached hydrogens (primary N) is 1. The van der Waals surface area contributed by atoms with Crippen LogP contribution in [0.1, 0.15) is 16.8 Å². The van der Waals surface area contributed by atoms with Gasteiger partial charge in [-0.25, -0.2) is 17.6 Å². The fourth-order valence-electron chi connectivity index (χ4n) is 2.02. The molecule has 1 aromatic carbocycles. The summed E-state index contributed by atoms with van der Waals surface area (Å²) in [6.45, 7) is 2.96. The minimum absolute atomic E-state index is 0.00553. The molecule has 2 rings (SSSR count). The van der Waals surface area contributed by atoms with Gasteiger partial charge >= 0.3 is 0 Å². The van der Waals surface area contributed by atoms with E-state index in [2.05, 4.69) is 0 Å². The maximum atomic E-state index is 13.8. The number of hydrogen-bond donors (Lipinski definition) is 1. The number of rotatable bonds is 1. The number of nitrogen functional groups attached to an aromatic ring is 1. The summed E-state index contributed by atoms with van der Waals surface area (Å²) in [5, 5.41) is 8.95. The maximum Gasteiger partial charge on any atom is 0.186 e. The van der Waals surface area contributed by atoms with E-state index >= 15 is 0 Å².